The van der Waals surface area contributed by atoms with Crippen LogP contribution in [0.15, 0.2) is 18.2 Å². The number of benzene rings is 1. The summed E-state index contributed by atoms with van der Waals surface area (Å²) in [5.41, 5.74) is 7.84. The number of rotatable bonds is 2. The van der Waals surface area contributed by atoms with Gasteiger partial charge in [-0.15, -0.1) is 0 Å². The second-order valence-electron chi connectivity index (χ2n) is 5.05. The van der Waals surface area contributed by atoms with Gasteiger partial charge in [0.25, 0.3) is 5.91 Å². The molecule has 2 rings (SSSR count). The topological polar surface area (TPSA) is 55.1 Å². The average Bonchev–Trinajstić information content (AvgIpc) is 3.05. The van der Waals surface area contributed by atoms with E-state index in [1.807, 2.05) is 25.1 Å². The third-order valence-corrected chi connectivity index (χ3v) is 3.23. The van der Waals surface area contributed by atoms with Crippen molar-refractivity contribution in [2.24, 2.45) is 5.73 Å². The molecule has 3 heteroatoms. The molecule has 0 bridgehead atoms. The second-order valence-corrected chi connectivity index (χ2v) is 5.05. The van der Waals surface area contributed by atoms with Crippen LogP contribution in [0.4, 0.5) is 0 Å². The van der Waals surface area contributed by atoms with Gasteiger partial charge in [0.1, 0.15) is 0 Å². The highest BCUT2D eigenvalue weighted by Gasteiger charge is 2.38. The van der Waals surface area contributed by atoms with E-state index in [-0.39, 0.29) is 11.4 Å². The standard InChI is InChI=1S/C15H18N2O/c1-11-5-6-12(4-3-9-16)10-13(11)14(18)17-15(2)7-8-15/h5-6,10H,7-9,16H2,1-2H3,(H,17,18). The zero-order valence-corrected chi connectivity index (χ0v) is 10.8. The number of hydrogen-bond donors (Lipinski definition) is 2. The molecule has 1 saturated carbocycles. The van der Waals surface area contributed by atoms with Crippen LogP contribution in [0.5, 0.6) is 0 Å². The lowest BCUT2D eigenvalue weighted by Crippen LogP contribution is -2.34. The minimum absolute atomic E-state index is 0.00245. The lowest BCUT2D eigenvalue weighted by molar-refractivity contribution is 0.0935. The molecule has 0 unspecified atom stereocenters. The highest BCUT2D eigenvalue weighted by Crippen LogP contribution is 2.34. The summed E-state index contributed by atoms with van der Waals surface area (Å²) in [7, 11) is 0. The van der Waals surface area contributed by atoms with E-state index in [0.717, 1.165) is 24.0 Å². The van der Waals surface area contributed by atoms with Gasteiger partial charge >= 0.3 is 0 Å². The van der Waals surface area contributed by atoms with Crippen LogP contribution in [-0.4, -0.2) is 18.0 Å². The van der Waals surface area contributed by atoms with Crippen LogP contribution in [-0.2, 0) is 0 Å². The van der Waals surface area contributed by atoms with Gasteiger partial charge in [-0.25, -0.2) is 0 Å². The molecule has 1 amide bonds. The minimum Gasteiger partial charge on any atom is -0.347 e. The number of nitrogens with two attached hydrogens (primary N) is 1. The lowest BCUT2D eigenvalue weighted by Gasteiger charge is -2.13. The minimum atomic E-state index is -0.0103. The first-order valence-electron chi connectivity index (χ1n) is 6.16. The van der Waals surface area contributed by atoms with Crippen LogP contribution in [0, 0.1) is 18.8 Å². The Morgan fingerprint density at radius 3 is 2.83 bits per heavy atom. The van der Waals surface area contributed by atoms with Crippen molar-refractivity contribution in [3.05, 3.63) is 34.9 Å². The monoisotopic (exact) mass is 242 g/mol. The predicted octanol–water partition coefficient (Wildman–Crippen LogP) is 1.59. The number of nitrogens with one attached hydrogen (secondary N) is 1. The molecule has 0 aromatic heterocycles. The van der Waals surface area contributed by atoms with Gasteiger partial charge in [0.2, 0.25) is 0 Å². The van der Waals surface area contributed by atoms with Gasteiger partial charge in [-0.05, 0) is 44.4 Å². The molecule has 1 aromatic rings. The summed E-state index contributed by atoms with van der Waals surface area (Å²) in [6.07, 6.45) is 2.12. The van der Waals surface area contributed by atoms with Crippen molar-refractivity contribution in [3.8, 4) is 11.8 Å². The van der Waals surface area contributed by atoms with E-state index >= 15 is 0 Å². The van der Waals surface area contributed by atoms with Crippen LogP contribution in [0.2, 0.25) is 0 Å². The fraction of sp³-hybridized carbons (Fsp3) is 0.400. The molecule has 0 spiro atoms. The first-order valence-corrected chi connectivity index (χ1v) is 6.16. The van der Waals surface area contributed by atoms with Gasteiger partial charge in [0.15, 0.2) is 0 Å². The lowest BCUT2D eigenvalue weighted by atomic mass is 10.0. The van der Waals surface area contributed by atoms with Crippen LogP contribution >= 0.6 is 0 Å². The van der Waals surface area contributed by atoms with E-state index in [9.17, 15) is 4.79 Å². The van der Waals surface area contributed by atoms with Crippen LogP contribution in [0.1, 0.15) is 41.3 Å². The van der Waals surface area contributed by atoms with Crippen molar-refractivity contribution in [1.29, 1.82) is 0 Å². The predicted molar refractivity (Wildman–Crippen MR) is 72.2 cm³/mol. The summed E-state index contributed by atoms with van der Waals surface area (Å²) in [6, 6.07) is 5.66. The van der Waals surface area contributed by atoms with Crippen molar-refractivity contribution in [2.75, 3.05) is 6.54 Å². The zero-order valence-electron chi connectivity index (χ0n) is 10.8. The van der Waals surface area contributed by atoms with Gasteiger partial charge in [0.05, 0.1) is 6.54 Å². The highest BCUT2D eigenvalue weighted by molar-refractivity contribution is 5.96. The highest BCUT2D eigenvalue weighted by atomic mass is 16.1. The van der Waals surface area contributed by atoms with E-state index in [2.05, 4.69) is 24.1 Å². The van der Waals surface area contributed by atoms with Crippen LogP contribution in [0.3, 0.4) is 0 Å². The van der Waals surface area contributed by atoms with Crippen molar-refractivity contribution < 1.29 is 4.79 Å². The molecule has 1 aromatic carbocycles. The first kappa shape index (κ1) is 12.7. The molecule has 94 valence electrons. The fourth-order valence-electron chi connectivity index (χ4n) is 1.75. The number of amides is 1. The summed E-state index contributed by atoms with van der Waals surface area (Å²) in [5.74, 6) is 5.74. The van der Waals surface area contributed by atoms with Gasteiger partial charge in [-0.3, -0.25) is 4.79 Å². The Kier molecular flexibility index (Phi) is 3.40. The first-order chi connectivity index (χ1) is 8.54. The molecule has 1 aliphatic rings. The Hall–Kier alpha value is -1.79. The number of hydrogen-bond acceptors (Lipinski definition) is 2. The fourth-order valence-corrected chi connectivity index (χ4v) is 1.75. The second kappa shape index (κ2) is 4.83. The summed E-state index contributed by atoms with van der Waals surface area (Å²) in [6.45, 7) is 4.33. The van der Waals surface area contributed by atoms with Crippen LogP contribution in [0.25, 0.3) is 0 Å². The summed E-state index contributed by atoms with van der Waals surface area (Å²) in [4.78, 5) is 12.2. The molecule has 0 radical (unpaired) electrons. The van der Waals surface area contributed by atoms with Crippen molar-refractivity contribution in [3.63, 3.8) is 0 Å². The molecule has 1 fully saturated rings. The maximum Gasteiger partial charge on any atom is 0.252 e. The maximum atomic E-state index is 12.2. The van der Waals surface area contributed by atoms with Crippen LogP contribution < -0.4 is 11.1 Å². The van der Waals surface area contributed by atoms with E-state index < -0.39 is 0 Å². The third-order valence-electron chi connectivity index (χ3n) is 3.23. The van der Waals surface area contributed by atoms with Gasteiger partial charge in [0, 0.05) is 16.7 Å². The molecule has 0 atom stereocenters. The van der Waals surface area contributed by atoms with Crippen molar-refractivity contribution in [2.45, 2.75) is 32.2 Å². The summed E-state index contributed by atoms with van der Waals surface area (Å²) >= 11 is 0. The Morgan fingerprint density at radius 2 is 2.22 bits per heavy atom. The maximum absolute atomic E-state index is 12.2. The molecular weight excluding hydrogens is 224 g/mol. The smallest absolute Gasteiger partial charge is 0.252 e. The number of carbonyl (C=O) groups excluding carboxylic acids is 1. The molecule has 0 aliphatic heterocycles. The Bertz CT molecular complexity index is 533. The summed E-state index contributed by atoms with van der Waals surface area (Å²) < 4.78 is 0. The van der Waals surface area contributed by atoms with E-state index in [1.165, 1.54) is 0 Å². The molecule has 3 N–H and O–H groups in total. The molecule has 0 heterocycles. The number of aryl methyl sites for hydroxylation is 1. The SMILES string of the molecule is Cc1ccc(C#CCN)cc1C(=O)NC1(C)CC1. The number of carbonyl (C=O) groups is 1. The largest absolute Gasteiger partial charge is 0.347 e. The Labute approximate surface area is 108 Å². The van der Waals surface area contributed by atoms with Crippen molar-refractivity contribution in [1.82, 2.24) is 5.32 Å². The molecule has 0 saturated heterocycles. The molecule has 18 heavy (non-hydrogen) atoms. The molecular formula is C15H18N2O. The molecule has 3 nitrogen and oxygen atoms in total. The summed E-state index contributed by atoms with van der Waals surface area (Å²) in [5, 5.41) is 3.06. The van der Waals surface area contributed by atoms with E-state index in [4.69, 9.17) is 5.73 Å². The van der Waals surface area contributed by atoms with Gasteiger partial charge < -0.3 is 11.1 Å². The Balaban J connectivity index is 2.22. The average molecular weight is 242 g/mol. The van der Waals surface area contributed by atoms with E-state index in [0.29, 0.717) is 12.1 Å². The Morgan fingerprint density at radius 1 is 1.50 bits per heavy atom. The van der Waals surface area contributed by atoms with Gasteiger partial charge in [-0.2, -0.15) is 0 Å². The zero-order chi connectivity index (χ0) is 13.2. The van der Waals surface area contributed by atoms with Gasteiger partial charge in [-0.1, -0.05) is 17.9 Å². The van der Waals surface area contributed by atoms with E-state index in [1.54, 1.807) is 0 Å². The third kappa shape index (κ3) is 2.91. The van der Waals surface area contributed by atoms with Crippen molar-refractivity contribution >= 4 is 5.91 Å². The quantitative estimate of drug-likeness (QED) is 0.774. The molecule has 1 aliphatic carbocycles. The normalized spacial score (nSPS) is 15.5.